The largest absolute Gasteiger partial charge is 0.472 e. The van der Waals surface area contributed by atoms with Crippen LogP contribution in [0.15, 0.2) is 109 Å². The number of ether oxygens (including phenoxy) is 2. The van der Waals surface area contributed by atoms with Crippen molar-refractivity contribution >= 4 is 19.8 Å². The van der Waals surface area contributed by atoms with Crippen LogP contribution in [0, 0.1) is 0 Å². The highest BCUT2D eigenvalue weighted by Gasteiger charge is 2.25. The lowest BCUT2D eigenvalue weighted by molar-refractivity contribution is -0.161. The standard InChI is InChI=1S/C49H80NO8P/c1-3-5-7-9-11-13-15-17-19-21-23-25-27-29-31-33-35-37-39-41-48(51)55-45-47(46-57-59(53,54)56-44-43-50)58-49(52)42-40-38-36-34-32-30-28-26-24-22-20-18-16-14-12-10-8-6-4-2/h6,8,11-14,17-20,23-26,29-32,47H,3-5,7,9-10,15-16,21-22,27-28,33-46,50H2,1-2H3,(H,53,54)/b8-6-,13-11-,14-12-,19-17-,20-18-,25-23-,26-24-,31-29-,32-30-/t47-/m1/s1. The van der Waals surface area contributed by atoms with Crippen molar-refractivity contribution < 1.29 is 37.6 Å². The molecule has 0 saturated heterocycles. The fourth-order valence-electron chi connectivity index (χ4n) is 5.35. The predicted molar refractivity (Wildman–Crippen MR) is 247 cm³/mol. The number of rotatable bonds is 40. The van der Waals surface area contributed by atoms with Gasteiger partial charge in [-0.15, -0.1) is 0 Å². The Kier molecular flexibility index (Phi) is 41.7. The number of hydrogen-bond acceptors (Lipinski definition) is 8. The third-order valence-electron chi connectivity index (χ3n) is 8.64. The van der Waals surface area contributed by atoms with E-state index < -0.39 is 32.5 Å². The molecule has 0 radical (unpaired) electrons. The number of carbonyl (C=O) groups is 2. The van der Waals surface area contributed by atoms with Crippen LogP contribution in [0.25, 0.3) is 0 Å². The second-order valence-electron chi connectivity index (χ2n) is 14.2. The van der Waals surface area contributed by atoms with Crippen LogP contribution < -0.4 is 5.73 Å². The average molecular weight is 842 g/mol. The van der Waals surface area contributed by atoms with E-state index in [0.717, 1.165) is 89.9 Å². The van der Waals surface area contributed by atoms with E-state index in [1.165, 1.54) is 25.7 Å². The topological polar surface area (TPSA) is 134 Å². The van der Waals surface area contributed by atoms with Crippen molar-refractivity contribution in [2.24, 2.45) is 5.73 Å². The first kappa shape index (κ1) is 55.7. The van der Waals surface area contributed by atoms with Crippen molar-refractivity contribution in [2.45, 2.75) is 161 Å². The van der Waals surface area contributed by atoms with Crippen molar-refractivity contribution in [3.05, 3.63) is 109 Å². The van der Waals surface area contributed by atoms with Gasteiger partial charge in [-0.3, -0.25) is 18.6 Å². The van der Waals surface area contributed by atoms with Gasteiger partial charge in [0.1, 0.15) is 6.61 Å². The van der Waals surface area contributed by atoms with Gasteiger partial charge in [0.2, 0.25) is 0 Å². The maximum absolute atomic E-state index is 12.6. The monoisotopic (exact) mass is 842 g/mol. The molecule has 0 aliphatic heterocycles. The molecular weight excluding hydrogens is 762 g/mol. The normalized spacial score (nSPS) is 14.3. The van der Waals surface area contributed by atoms with Gasteiger partial charge >= 0.3 is 19.8 Å². The minimum absolute atomic E-state index is 0.0363. The summed E-state index contributed by atoms with van der Waals surface area (Å²) in [5, 5.41) is 0. The number of unbranched alkanes of at least 4 members (excludes halogenated alkanes) is 9. The van der Waals surface area contributed by atoms with Crippen LogP contribution in [0.2, 0.25) is 0 Å². The lowest BCUT2D eigenvalue weighted by atomic mass is 10.1. The van der Waals surface area contributed by atoms with Gasteiger partial charge in [-0.05, 0) is 103 Å². The zero-order chi connectivity index (χ0) is 43.2. The highest BCUT2D eigenvalue weighted by molar-refractivity contribution is 7.47. The van der Waals surface area contributed by atoms with E-state index >= 15 is 0 Å². The number of hydrogen-bond donors (Lipinski definition) is 2. The molecule has 9 nitrogen and oxygen atoms in total. The lowest BCUT2D eigenvalue weighted by Crippen LogP contribution is -2.29. The van der Waals surface area contributed by atoms with Gasteiger partial charge in [0, 0.05) is 19.4 Å². The van der Waals surface area contributed by atoms with Crippen molar-refractivity contribution in [3.8, 4) is 0 Å². The smallest absolute Gasteiger partial charge is 0.462 e. The van der Waals surface area contributed by atoms with Gasteiger partial charge < -0.3 is 20.1 Å². The molecular formula is C49H80NO8P. The highest BCUT2D eigenvalue weighted by atomic mass is 31.2. The molecule has 0 aromatic carbocycles. The molecule has 59 heavy (non-hydrogen) atoms. The Morgan fingerprint density at radius 2 is 0.932 bits per heavy atom. The molecule has 0 bridgehead atoms. The Balaban J connectivity index is 4.30. The van der Waals surface area contributed by atoms with Gasteiger partial charge in [0.05, 0.1) is 13.2 Å². The molecule has 0 aromatic rings. The fraction of sp³-hybridized carbons (Fsp3) is 0.592. The van der Waals surface area contributed by atoms with E-state index in [4.69, 9.17) is 24.3 Å². The van der Waals surface area contributed by atoms with Crippen molar-refractivity contribution in [1.82, 2.24) is 0 Å². The lowest BCUT2D eigenvalue weighted by Gasteiger charge is -2.19. The van der Waals surface area contributed by atoms with Crippen LogP contribution in [0.4, 0.5) is 0 Å². The molecule has 0 aliphatic rings. The van der Waals surface area contributed by atoms with Crippen LogP contribution >= 0.6 is 7.82 Å². The number of allylic oxidation sites excluding steroid dienone is 18. The Labute approximate surface area is 359 Å². The minimum Gasteiger partial charge on any atom is -0.462 e. The van der Waals surface area contributed by atoms with Gasteiger partial charge in [0.15, 0.2) is 6.10 Å². The molecule has 0 fully saturated rings. The van der Waals surface area contributed by atoms with Crippen LogP contribution in [0.5, 0.6) is 0 Å². The zero-order valence-electron chi connectivity index (χ0n) is 36.7. The summed E-state index contributed by atoms with van der Waals surface area (Å²) in [5.41, 5.74) is 5.35. The Morgan fingerprint density at radius 3 is 1.36 bits per heavy atom. The van der Waals surface area contributed by atoms with Gasteiger partial charge in [-0.25, -0.2) is 4.57 Å². The predicted octanol–water partition coefficient (Wildman–Crippen LogP) is 13.2. The molecule has 3 N–H and O–H groups in total. The van der Waals surface area contributed by atoms with Crippen LogP contribution in [0.1, 0.15) is 155 Å². The van der Waals surface area contributed by atoms with Crippen molar-refractivity contribution in [3.63, 3.8) is 0 Å². The maximum atomic E-state index is 12.6. The molecule has 10 heteroatoms. The van der Waals surface area contributed by atoms with E-state index in [1.54, 1.807) is 0 Å². The molecule has 1 unspecified atom stereocenters. The molecule has 0 saturated carbocycles. The molecule has 0 rings (SSSR count). The first-order valence-electron chi connectivity index (χ1n) is 22.4. The summed E-state index contributed by atoms with van der Waals surface area (Å²) in [7, 11) is -4.40. The van der Waals surface area contributed by atoms with Crippen LogP contribution in [-0.4, -0.2) is 49.3 Å². The zero-order valence-corrected chi connectivity index (χ0v) is 37.6. The summed E-state index contributed by atoms with van der Waals surface area (Å²) in [5.74, 6) is -0.914. The molecule has 0 aromatic heterocycles. The number of phosphoric acid groups is 1. The number of carbonyl (C=O) groups excluding carboxylic acids is 2. The number of phosphoric ester groups is 1. The van der Waals surface area contributed by atoms with E-state index in [9.17, 15) is 19.0 Å². The van der Waals surface area contributed by atoms with Gasteiger partial charge in [-0.1, -0.05) is 149 Å². The summed E-state index contributed by atoms with van der Waals surface area (Å²) in [6.45, 7) is 3.49. The Morgan fingerprint density at radius 1 is 0.525 bits per heavy atom. The second kappa shape index (κ2) is 44.2. The molecule has 334 valence electrons. The average Bonchev–Trinajstić information content (AvgIpc) is 3.22. The highest BCUT2D eigenvalue weighted by Crippen LogP contribution is 2.43. The molecule has 2 atom stereocenters. The van der Waals surface area contributed by atoms with Crippen molar-refractivity contribution in [2.75, 3.05) is 26.4 Å². The van der Waals surface area contributed by atoms with Gasteiger partial charge in [-0.2, -0.15) is 0 Å². The summed E-state index contributed by atoms with van der Waals surface area (Å²) >= 11 is 0. The Hall–Kier alpha value is -3.33. The van der Waals surface area contributed by atoms with E-state index in [-0.39, 0.29) is 32.6 Å². The van der Waals surface area contributed by atoms with Crippen molar-refractivity contribution in [1.29, 1.82) is 0 Å². The van der Waals surface area contributed by atoms with E-state index in [1.807, 2.05) is 0 Å². The summed E-state index contributed by atoms with van der Waals surface area (Å²) in [6, 6.07) is 0. The first-order chi connectivity index (χ1) is 28.8. The minimum atomic E-state index is -4.40. The maximum Gasteiger partial charge on any atom is 0.472 e. The third-order valence-corrected chi connectivity index (χ3v) is 9.63. The van der Waals surface area contributed by atoms with E-state index in [2.05, 4.69) is 123 Å². The summed E-state index contributed by atoms with van der Waals surface area (Å²) < 4.78 is 32.7. The van der Waals surface area contributed by atoms with E-state index in [0.29, 0.717) is 12.8 Å². The molecule has 0 spiro atoms. The van der Waals surface area contributed by atoms with Crippen LogP contribution in [-0.2, 0) is 32.7 Å². The quantitative estimate of drug-likeness (QED) is 0.0267. The fourth-order valence-corrected chi connectivity index (χ4v) is 6.11. The van der Waals surface area contributed by atoms with Gasteiger partial charge in [0.25, 0.3) is 0 Å². The third kappa shape index (κ3) is 44.1. The first-order valence-corrected chi connectivity index (χ1v) is 23.9. The summed E-state index contributed by atoms with van der Waals surface area (Å²) in [4.78, 5) is 34.9. The Bertz CT molecular complexity index is 1330. The SMILES string of the molecule is CC/C=C\C/C=C\C/C=C\C/C=C\C/C=C\CCCCCC(=O)O[C@H](COC(=O)CCCCC/C=C\C/C=C\C/C=C\C/C=C\CCCCC)COP(=O)(O)OCCN. The van der Waals surface area contributed by atoms with Crippen LogP contribution in [0.3, 0.4) is 0 Å². The molecule has 0 amide bonds. The number of esters is 2. The molecule has 0 aliphatic carbocycles. The number of nitrogens with two attached hydrogens (primary N) is 1. The second-order valence-corrected chi connectivity index (χ2v) is 15.6. The summed E-state index contributed by atoms with van der Waals surface area (Å²) in [6.07, 6.45) is 58.3. The molecule has 0 heterocycles.